The van der Waals surface area contributed by atoms with Gasteiger partial charge in [-0.1, -0.05) is 6.42 Å². The average Bonchev–Trinajstić information content (AvgIpc) is 2.51. The second-order valence-corrected chi connectivity index (χ2v) is 8.34. The van der Waals surface area contributed by atoms with Gasteiger partial charge in [-0.2, -0.15) is 0 Å². The SMILES string of the molecule is NC(=O)C(F)=CCCCCCNC(=O)NC12CC3CC(CC(C3)C1)C2. The van der Waals surface area contributed by atoms with Crippen molar-refractivity contribution in [1.29, 1.82) is 0 Å². The van der Waals surface area contributed by atoms with E-state index in [4.69, 9.17) is 5.73 Å². The van der Waals surface area contributed by atoms with E-state index in [1.165, 1.54) is 25.3 Å². The zero-order valence-corrected chi connectivity index (χ0v) is 14.9. The smallest absolute Gasteiger partial charge is 0.315 e. The van der Waals surface area contributed by atoms with Crippen molar-refractivity contribution < 1.29 is 14.0 Å². The number of carbonyl (C=O) groups excluding carboxylic acids is 2. The maximum absolute atomic E-state index is 12.9. The number of halogens is 1. The second-order valence-electron chi connectivity index (χ2n) is 8.34. The minimum absolute atomic E-state index is 0.0402. The fourth-order valence-electron chi connectivity index (χ4n) is 5.53. The van der Waals surface area contributed by atoms with E-state index in [9.17, 15) is 14.0 Å². The molecule has 140 valence electrons. The Hall–Kier alpha value is -1.59. The molecular weight excluding hydrogens is 321 g/mol. The number of nitrogens with one attached hydrogen (secondary N) is 2. The lowest BCUT2D eigenvalue weighted by Gasteiger charge is -2.56. The molecule has 0 saturated heterocycles. The Morgan fingerprint density at radius 2 is 1.64 bits per heavy atom. The van der Waals surface area contributed by atoms with Gasteiger partial charge < -0.3 is 16.4 Å². The third-order valence-electron chi connectivity index (χ3n) is 6.14. The number of primary amides is 1. The molecule has 0 aromatic rings. The zero-order valence-electron chi connectivity index (χ0n) is 14.9. The molecule has 4 aliphatic rings. The molecule has 25 heavy (non-hydrogen) atoms. The molecule has 0 unspecified atom stereocenters. The van der Waals surface area contributed by atoms with Gasteiger partial charge in [-0.05, 0) is 81.6 Å². The molecule has 6 heteroatoms. The highest BCUT2D eigenvalue weighted by Crippen LogP contribution is 2.55. The van der Waals surface area contributed by atoms with Crippen molar-refractivity contribution in [3.8, 4) is 0 Å². The van der Waals surface area contributed by atoms with Gasteiger partial charge in [0.2, 0.25) is 0 Å². The van der Waals surface area contributed by atoms with Crippen LogP contribution in [0.25, 0.3) is 0 Å². The maximum atomic E-state index is 12.9. The Bertz CT molecular complexity index is 512. The Labute approximate surface area is 149 Å². The molecule has 4 fully saturated rings. The molecular formula is C19H30FN3O2. The summed E-state index contributed by atoms with van der Waals surface area (Å²) in [5.41, 5.74) is 4.87. The van der Waals surface area contributed by atoms with Crippen molar-refractivity contribution in [2.75, 3.05) is 6.54 Å². The number of rotatable bonds is 8. The first-order chi connectivity index (χ1) is 12.0. The number of urea groups is 1. The predicted octanol–water partition coefficient (Wildman–Crippen LogP) is 3.15. The molecule has 4 aliphatic carbocycles. The standard InChI is InChI=1S/C19H30FN3O2/c20-16(17(21)24)5-3-1-2-4-6-22-18(25)23-19-10-13-7-14(11-19)9-15(8-13)12-19/h5,13-15H,1-4,6-12H2,(H2,21,24)(H2,22,23,25). The Morgan fingerprint density at radius 3 is 2.20 bits per heavy atom. The van der Waals surface area contributed by atoms with Crippen LogP contribution in [0, 0.1) is 17.8 Å². The highest BCUT2D eigenvalue weighted by Gasteiger charge is 2.51. The summed E-state index contributed by atoms with van der Waals surface area (Å²) in [5.74, 6) is 0.581. The van der Waals surface area contributed by atoms with Crippen LogP contribution in [0.15, 0.2) is 11.9 Å². The Kier molecular flexibility index (Phi) is 5.64. The van der Waals surface area contributed by atoms with Crippen molar-refractivity contribution in [2.45, 2.75) is 69.7 Å². The number of hydrogen-bond acceptors (Lipinski definition) is 2. The van der Waals surface area contributed by atoms with Gasteiger partial charge in [-0.15, -0.1) is 0 Å². The number of unbranched alkanes of at least 4 members (excludes halogenated alkanes) is 3. The van der Waals surface area contributed by atoms with E-state index in [0.29, 0.717) is 13.0 Å². The summed E-state index contributed by atoms with van der Waals surface area (Å²) in [6.45, 7) is 0.625. The van der Waals surface area contributed by atoms with E-state index in [0.717, 1.165) is 56.3 Å². The molecule has 4 rings (SSSR count). The number of carbonyl (C=O) groups is 2. The van der Waals surface area contributed by atoms with E-state index in [1.807, 2.05) is 0 Å². The van der Waals surface area contributed by atoms with Crippen LogP contribution in [0.1, 0.15) is 64.2 Å². The van der Waals surface area contributed by atoms with E-state index < -0.39 is 11.7 Å². The third-order valence-corrected chi connectivity index (χ3v) is 6.14. The van der Waals surface area contributed by atoms with Crippen LogP contribution in [0.2, 0.25) is 0 Å². The van der Waals surface area contributed by atoms with Gasteiger partial charge in [-0.3, -0.25) is 4.79 Å². The number of hydrogen-bond donors (Lipinski definition) is 3. The minimum atomic E-state index is -1.01. The van der Waals surface area contributed by atoms with Gasteiger partial charge >= 0.3 is 6.03 Å². The quantitative estimate of drug-likeness (QED) is 0.463. The van der Waals surface area contributed by atoms with E-state index in [1.54, 1.807) is 0 Å². The van der Waals surface area contributed by atoms with E-state index in [2.05, 4.69) is 10.6 Å². The highest BCUT2D eigenvalue weighted by atomic mass is 19.1. The van der Waals surface area contributed by atoms with Crippen molar-refractivity contribution in [2.24, 2.45) is 23.5 Å². The Morgan fingerprint density at radius 1 is 1.04 bits per heavy atom. The molecule has 5 nitrogen and oxygen atoms in total. The average molecular weight is 351 g/mol. The van der Waals surface area contributed by atoms with Gasteiger partial charge in [0.05, 0.1) is 0 Å². The molecule has 0 spiro atoms. The number of amides is 3. The fourth-order valence-corrected chi connectivity index (χ4v) is 5.53. The van der Waals surface area contributed by atoms with Crippen LogP contribution >= 0.6 is 0 Å². The maximum Gasteiger partial charge on any atom is 0.315 e. The van der Waals surface area contributed by atoms with E-state index >= 15 is 0 Å². The molecule has 4 N–H and O–H groups in total. The van der Waals surface area contributed by atoms with Crippen LogP contribution in [-0.4, -0.2) is 24.0 Å². The van der Waals surface area contributed by atoms with E-state index in [-0.39, 0.29) is 11.6 Å². The van der Waals surface area contributed by atoms with Crippen molar-refractivity contribution in [3.63, 3.8) is 0 Å². The van der Waals surface area contributed by atoms with Crippen LogP contribution in [0.3, 0.4) is 0 Å². The normalized spacial score (nSPS) is 33.3. The lowest BCUT2D eigenvalue weighted by atomic mass is 9.53. The van der Waals surface area contributed by atoms with Crippen LogP contribution < -0.4 is 16.4 Å². The molecule has 0 aromatic heterocycles. The first-order valence-electron chi connectivity index (χ1n) is 9.67. The van der Waals surface area contributed by atoms with Crippen molar-refractivity contribution >= 4 is 11.9 Å². The summed E-state index contributed by atoms with van der Waals surface area (Å²) in [7, 11) is 0. The number of allylic oxidation sites excluding steroid dienone is 1. The summed E-state index contributed by atoms with van der Waals surface area (Å²) < 4.78 is 12.9. The number of nitrogens with two attached hydrogens (primary N) is 1. The van der Waals surface area contributed by atoms with Gasteiger partial charge in [0.25, 0.3) is 5.91 Å². The molecule has 0 heterocycles. The zero-order chi connectivity index (χ0) is 17.9. The molecule has 3 amide bonds. The Balaban J connectivity index is 1.30. The summed E-state index contributed by atoms with van der Waals surface area (Å²) in [6, 6.07) is -0.0402. The molecule has 0 aromatic carbocycles. The first-order valence-corrected chi connectivity index (χ1v) is 9.67. The van der Waals surface area contributed by atoms with Crippen LogP contribution in [0.4, 0.5) is 9.18 Å². The van der Waals surface area contributed by atoms with Crippen LogP contribution in [-0.2, 0) is 4.79 Å². The molecule has 4 saturated carbocycles. The lowest BCUT2D eigenvalue weighted by Crippen LogP contribution is -2.61. The van der Waals surface area contributed by atoms with Gasteiger partial charge in [0.1, 0.15) is 0 Å². The fraction of sp³-hybridized carbons (Fsp3) is 0.789. The topological polar surface area (TPSA) is 84.2 Å². The molecule has 0 radical (unpaired) electrons. The largest absolute Gasteiger partial charge is 0.364 e. The predicted molar refractivity (Wildman–Crippen MR) is 94.3 cm³/mol. The first kappa shape index (κ1) is 18.2. The third kappa shape index (κ3) is 4.73. The van der Waals surface area contributed by atoms with Crippen molar-refractivity contribution in [1.82, 2.24) is 10.6 Å². The highest BCUT2D eigenvalue weighted by molar-refractivity contribution is 5.89. The summed E-state index contributed by atoms with van der Waals surface area (Å²) in [4.78, 5) is 22.8. The van der Waals surface area contributed by atoms with Crippen LogP contribution in [0.5, 0.6) is 0 Å². The molecule has 0 aliphatic heterocycles. The summed E-state index contributed by atoms with van der Waals surface area (Å²) >= 11 is 0. The minimum Gasteiger partial charge on any atom is -0.364 e. The van der Waals surface area contributed by atoms with Gasteiger partial charge in [0.15, 0.2) is 5.83 Å². The second kappa shape index (κ2) is 7.75. The summed E-state index contributed by atoms with van der Waals surface area (Å²) in [6.07, 6.45) is 11.8. The molecule has 0 atom stereocenters. The van der Waals surface area contributed by atoms with Gasteiger partial charge in [0, 0.05) is 12.1 Å². The van der Waals surface area contributed by atoms with Crippen molar-refractivity contribution in [3.05, 3.63) is 11.9 Å². The molecule has 4 bridgehead atoms. The monoisotopic (exact) mass is 351 g/mol. The summed E-state index contributed by atoms with van der Waals surface area (Å²) in [5, 5.41) is 6.26. The van der Waals surface area contributed by atoms with Gasteiger partial charge in [-0.25, -0.2) is 9.18 Å². The lowest BCUT2D eigenvalue weighted by molar-refractivity contribution is -0.115.